The maximum Gasteiger partial charge on any atom is 0.328 e. The Morgan fingerprint density at radius 1 is 1.00 bits per heavy atom. The second-order valence-corrected chi connectivity index (χ2v) is 5.42. The summed E-state index contributed by atoms with van der Waals surface area (Å²) in [6, 6.07) is 14.9. The fraction of sp³-hybridized carbons (Fsp3) is 0. The van der Waals surface area contributed by atoms with Gasteiger partial charge in [-0.2, -0.15) is 8.42 Å². The van der Waals surface area contributed by atoms with Crippen LogP contribution in [0, 0.1) is 0 Å². The molecule has 1 heterocycles. The summed E-state index contributed by atoms with van der Waals surface area (Å²) >= 11 is 0. The number of hydrogen-bond donors (Lipinski definition) is 2. The zero-order valence-corrected chi connectivity index (χ0v) is 13.9. The molecule has 0 atom stereocenters. The van der Waals surface area contributed by atoms with Crippen molar-refractivity contribution < 1.29 is 13.0 Å². The van der Waals surface area contributed by atoms with Gasteiger partial charge in [-0.15, -0.1) is 0 Å². The molecule has 0 spiro atoms. The van der Waals surface area contributed by atoms with E-state index >= 15 is 0 Å². The third kappa shape index (κ3) is 2.72. The Morgan fingerprint density at radius 2 is 1.70 bits per heavy atom. The number of hydrogen-bond acceptors (Lipinski definition) is 3. The average molecular weight is 393 g/mol. The number of benzene rings is 2. The first-order valence-corrected chi connectivity index (χ1v) is 7.01. The van der Waals surface area contributed by atoms with Gasteiger partial charge in [0, 0.05) is 29.5 Å². The number of H-pyrrole nitrogens is 1. The van der Waals surface area contributed by atoms with Crippen LogP contribution in [0.2, 0.25) is 0 Å². The SMILES string of the molecule is O=S(=O)(O)c1nc2c(-c3ccccc3)cccc2[nH]1.[Sn]. The molecule has 3 rings (SSSR count). The second-order valence-electron chi connectivity index (χ2n) is 4.08. The molecule has 0 aliphatic carbocycles. The van der Waals surface area contributed by atoms with Crippen LogP contribution in [0.15, 0.2) is 53.7 Å². The molecule has 2 N–H and O–H groups in total. The van der Waals surface area contributed by atoms with E-state index in [2.05, 4.69) is 9.97 Å². The molecule has 0 unspecified atom stereocenters. The Morgan fingerprint density at radius 3 is 2.35 bits per heavy atom. The van der Waals surface area contributed by atoms with Crippen LogP contribution >= 0.6 is 0 Å². The maximum absolute atomic E-state index is 11.1. The van der Waals surface area contributed by atoms with Crippen molar-refractivity contribution >= 4 is 45.1 Å². The Kier molecular flexibility index (Phi) is 4.16. The zero-order chi connectivity index (χ0) is 13.5. The molecule has 3 aromatic rings. The van der Waals surface area contributed by atoms with Crippen molar-refractivity contribution in [1.29, 1.82) is 0 Å². The van der Waals surface area contributed by atoms with Gasteiger partial charge in [-0.1, -0.05) is 42.5 Å². The summed E-state index contributed by atoms with van der Waals surface area (Å²) in [4.78, 5) is 6.56. The molecule has 0 saturated carbocycles. The molecule has 1 aromatic heterocycles. The number of aromatic nitrogens is 2. The number of nitrogens with one attached hydrogen (secondary N) is 1. The summed E-state index contributed by atoms with van der Waals surface area (Å²) in [5, 5.41) is -0.439. The minimum absolute atomic E-state index is 0. The number of fused-ring (bicyclic) bond motifs is 1. The number of rotatable bonds is 2. The van der Waals surface area contributed by atoms with Gasteiger partial charge in [-0.05, 0) is 11.6 Å². The van der Waals surface area contributed by atoms with Crippen molar-refractivity contribution in [2.24, 2.45) is 0 Å². The van der Waals surface area contributed by atoms with E-state index in [-0.39, 0.29) is 23.9 Å². The van der Waals surface area contributed by atoms with Gasteiger partial charge >= 0.3 is 10.1 Å². The number of imidazole rings is 1. The summed E-state index contributed by atoms with van der Waals surface area (Å²) in [6.07, 6.45) is 0. The molecule has 0 saturated heterocycles. The summed E-state index contributed by atoms with van der Waals surface area (Å²) in [5.41, 5.74) is 2.82. The minimum atomic E-state index is -4.33. The molecule has 4 radical (unpaired) electrons. The third-order valence-corrected chi connectivity index (χ3v) is 3.50. The summed E-state index contributed by atoms with van der Waals surface area (Å²) in [5.74, 6) is 0. The predicted molar refractivity (Wildman–Crippen MR) is 77.1 cm³/mol. The van der Waals surface area contributed by atoms with Gasteiger partial charge in [-0.25, -0.2) is 4.98 Å². The normalized spacial score (nSPS) is 11.2. The molecule has 100 valence electrons. The molecule has 0 fully saturated rings. The maximum atomic E-state index is 11.1. The van der Waals surface area contributed by atoms with E-state index < -0.39 is 15.3 Å². The van der Waals surface area contributed by atoms with Crippen molar-refractivity contribution in [2.45, 2.75) is 5.16 Å². The van der Waals surface area contributed by atoms with E-state index in [0.717, 1.165) is 11.1 Å². The van der Waals surface area contributed by atoms with E-state index in [4.69, 9.17) is 4.55 Å². The van der Waals surface area contributed by atoms with Crippen LogP contribution in [0.4, 0.5) is 0 Å². The Balaban J connectivity index is 0.00000147. The molecule has 20 heavy (non-hydrogen) atoms. The van der Waals surface area contributed by atoms with Crippen LogP contribution in [-0.2, 0) is 10.1 Å². The summed E-state index contributed by atoms with van der Waals surface area (Å²) in [6.45, 7) is 0. The van der Waals surface area contributed by atoms with Gasteiger partial charge in [0.15, 0.2) is 0 Å². The predicted octanol–water partition coefficient (Wildman–Crippen LogP) is 2.10. The first-order chi connectivity index (χ1) is 9.05. The molecule has 2 aromatic carbocycles. The van der Waals surface area contributed by atoms with Gasteiger partial charge in [-0.3, -0.25) is 4.55 Å². The van der Waals surface area contributed by atoms with Crippen LogP contribution in [0.3, 0.4) is 0 Å². The van der Waals surface area contributed by atoms with E-state index in [1.807, 2.05) is 36.4 Å². The first kappa shape index (κ1) is 15.0. The van der Waals surface area contributed by atoms with Crippen molar-refractivity contribution in [3.05, 3.63) is 48.5 Å². The van der Waals surface area contributed by atoms with E-state index in [1.54, 1.807) is 12.1 Å². The monoisotopic (exact) mass is 394 g/mol. The van der Waals surface area contributed by atoms with Crippen LogP contribution in [0.5, 0.6) is 0 Å². The van der Waals surface area contributed by atoms with Gasteiger partial charge in [0.05, 0.1) is 11.0 Å². The van der Waals surface area contributed by atoms with Gasteiger partial charge < -0.3 is 4.98 Å². The van der Waals surface area contributed by atoms with Crippen LogP contribution in [-0.4, -0.2) is 46.8 Å². The van der Waals surface area contributed by atoms with Gasteiger partial charge in [0.1, 0.15) is 0 Å². The molecule has 7 heteroatoms. The molecule has 5 nitrogen and oxygen atoms in total. The summed E-state index contributed by atoms with van der Waals surface area (Å²) < 4.78 is 31.3. The standard InChI is InChI=1S/C13H10N2O3S.Sn/c16-19(17,18)13-14-11-8-4-7-10(12(11)15-13)9-5-2-1-3-6-9;/h1-8H,(H,14,15)(H,16,17,18);. The van der Waals surface area contributed by atoms with E-state index in [0.29, 0.717) is 11.0 Å². The molecular weight excluding hydrogens is 383 g/mol. The average Bonchev–Trinajstić information content (AvgIpc) is 2.83. The van der Waals surface area contributed by atoms with Crippen molar-refractivity contribution in [2.75, 3.05) is 0 Å². The Hall–Kier alpha value is -1.38. The quantitative estimate of drug-likeness (QED) is 0.516. The number of aromatic amines is 1. The fourth-order valence-corrected chi connectivity index (χ4v) is 2.43. The number of nitrogens with zero attached hydrogens (tertiary/aromatic N) is 1. The largest absolute Gasteiger partial charge is 0.328 e. The smallest absolute Gasteiger partial charge is 0.327 e. The molecular formula is C13H10N2O3SSn. The van der Waals surface area contributed by atoms with Gasteiger partial charge in [0.25, 0.3) is 5.16 Å². The van der Waals surface area contributed by atoms with Crippen LogP contribution < -0.4 is 0 Å². The van der Waals surface area contributed by atoms with E-state index in [1.165, 1.54) is 0 Å². The first-order valence-electron chi connectivity index (χ1n) is 5.57. The third-order valence-electron chi connectivity index (χ3n) is 2.82. The Bertz CT molecular complexity index is 844. The van der Waals surface area contributed by atoms with Crippen LogP contribution in [0.1, 0.15) is 0 Å². The van der Waals surface area contributed by atoms with E-state index in [9.17, 15) is 8.42 Å². The summed E-state index contributed by atoms with van der Waals surface area (Å²) in [7, 11) is -4.33. The van der Waals surface area contributed by atoms with Crippen molar-refractivity contribution in [3.63, 3.8) is 0 Å². The second kappa shape index (κ2) is 5.55. The topological polar surface area (TPSA) is 83.1 Å². The Labute approximate surface area is 132 Å². The van der Waals surface area contributed by atoms with Gasteiger partial charge in [0.2, 0.25) is 0 Å². The zero-order valence-electron chi connectivity index (χ0n) is 10.2. The number of para-hydroxylation sites is 1. The van der Waals surface area contributed by atoms with Crippen molar-refractivity contribution in [1.82, 2.24) is 9.97 Å². The molecule has 0 aliphatic rings. The molecule has 0 aliphatic heterocycles. The fourth-order valence-electron chi connectivity index (χ4n) is 1.98. The molecule has 0 amide bonds. The van der Waals surface area contributed by atoms with Crippen LogP contribution in [0.25, 0.3) is 22.2 Å². The molecule has 0 bridgehead atoms. The minimum Gasteiger partial charge on any atom is -0.327 e. The van der Waals surface area contributed by atoms with Crippen molar-refractivity contribution in [3.8, 4) is 11.1 Å².